The molecule has 2 N–H and O–H groups in total. The van der Waals surface area contributed by atoms with Crippen LogP contribution in [0.2, 0.25) is 0 Å². The predicted octanol–water partition coefficient (Wildman–Crippen LogP) is 1.48. The molecule has 1 amide bonds. The lowest BCUT2D eigenvalue weighted by atomic mass is 10.1. The lowest BCUT2D eigenvalue weighted by Crippen LogP contribution is -2.44. The van der Waals surface area contributed by atoms with Gasteiger partial charge in [0.05, 0.1) is 12.7 Å². The fourth-order valence-electron chi connectivity index (χ4n) is 2.85. The molecule has 0 radical (unpaired) electrons. The number of ether oxygens (including phenoxy) is 1. The number of piperazine rings is 1. The molecule has 7 nitrogen and oxygen atoms in total. The second-order valence-electron chi connectivity index (χ2n) is 6.38. The van der Waals surface area contributed by atoms with Gasteiger partial charge in [-0.25, -0.2) is 4.98 Å². The van der Waals surface area contributed by atoms with Crippen LogP contribution in [-0.2, 0) is 6.54 Å². The number of benzene rings is 1. The molecular weight excluding hydrogens is 332 g/mol. The summed E-state index contributed by atoms with van der Waals surface area (Å²) in [4.78, 5) is 21.3. The standard InChI is InChI=1S/C19H24N4O3/c1-22-7-9-23(10-8-22)18-6-3-14(12-20-18)13-21-19(25)16-5-4-15(26-2)11-17(16)24/h3-6,11-12,24H,7-10,13H2,1-2H3,(H,21,25). The number of pyridine rings is 1. The summed E-state index contributed by atoms with van der Waals surface area (Å²) in [6.07, 6.45) is 1.78. The molecule has 3 rings (SSSR count). The molecule has 1 aliphatic rings. The molecule has 0 atom stereocenters. The van der Waals surface area contributed by atoms with E-state index in [0.717, 1.165) is 37.6 Å². The average molecular weight is 356 g/mol. The monoisotopic (exact) mass is 356 g/mol. The van der Waals surface area contributed by atoms with Gasteiger partial charge in [0.25, 0.3) is 5.91 Å². The normalized spacial score (nSPS) is 14.9. The third-order valence-corrected chi connectivity index (χ3v) is 4.54. The number of phenols is 1. The second-order valence-corrected chi connectivity index (χ2v) is 6.38. The SMILES string of the molecule is COc1ccc(C(=O)NCc2ccc(N3CCN(C)CC3)nc2)c(O)c1. The number of aromatic hydroxyl groups is 1. The third kappa shape index (κ3) is 4.23. The Morgan fingerprint density at radius 2 is 2.00 bits per heavy atom. The number of aromatic nitrogens is 1. The molecule has 0 saturated carbocycles. The van der Waals surface area contributed by atoms with Crippen LogP contribution in [0.1, 0.15) is 15.9 Å². The lowest BCUT2D eigenvalue weighted by Gasteiger charge is -2.33. The molecule has 7 heteroatoms. The van der Waals surface area contributed by atoms with Crippen LogP contribution < -0.4 is 15.0 Å². The van der Waals surface area contributed by atoms with Crippen LogP contribution in [-0.4, -0.2) is 61.2 Å². The summed E-state index contributed by atoms with van der Waals surface area (Å²) in [6, 6.07) is 8.55. The number of nitrogens with zero attached hydrogens (tertiary/aromatic N) is 3. The van der Waals surface area contributed by atoms with Gasteiger partial charge in [-0.15, -0.1) is 0 Å². The lowest BCUT2D eigenvalue weighted by molar-refractivity contribution is 0.0948. The van der Waals surface area contributed by atoms with E-state index in [9.17, 15) is 9.90 Å². The third-order valence-electron chi connectivity index (χ3n) is 4.54. The fourth-order valence-corrected chi connectivity index (χ4v) is 2.85. The van der Waals surface area contributed by atoms with Crippen LogP contribution in [0.4, 0.5) is 5.82 Å². The van der Waals surface area contributed by atoms with E-state index in [2.05, 4.69) is 27.1 Å². The summed E-state index contributed by atoms with van der Waals surface area (Å²) in [5.41, 5.74) is 1.12. The predicted molar refractivity (Wildman–Crippen MR) is 99.8 cm³/mol. The first-order valence-electron chi connectivity index (χ1n) is 8.60. The van der Waals surface area contributed by atoms with E-state index < -0.39 is 0 Å². The van der Waals surface area contributed by atoms with Gasteiger partial charge in [-0.2, -0.15) is 0 Å². The Morgan fingerprint density at radius 1 is 1.23 bits per heavy atom. The van der Waals surface area contributed by atoms with Crippen LogP contribution >= 0.6 is 0 Å². The van der Waals surface area contributed by atoms with E-state index in [1.54, 1.807) is 12.3 Å². The molecule has 1 aromatic heterocycles. The molecule has 1 aliphatic heterocycles. The van der Waals surface area contributed by atoms with Crippen molar-refractivity contribution in [3.05, 3.63) is 47.7 Å². The highest BCUT2D eigenvalue weighted by atomic mass is 16.5. The Morgan fingerprint density at radius 3 is 2.62 bits per heavy atom. The highest BCUT2D eigenvalue weighted by molar-refractivity contribution is 5.96. The largest absolute Gasteiger partial charge is 0.507 e. The van der Waals surface area contributed by atoms with E-state index in [4.69, 9.17) is 4.74 Å². The molecule has 26 heavy (non-hydrogen) atoms. The van der Waals surface area contributed by atoms with Crippen molar-refractivity contribution in [1.82, 2.24) is 15.2 Å². The highest BCUT2D eigenvalue weighted by Gasteiger charge is 2.15. The Balaban J connectivity index is 1.57. The zero-order valence-electron chi connectivity index (χ0n) is 15.1. The summed E-state index contributed by atoms with van der Waals surface area (Å²) in [5, 5.41) is 12.7. The van der Waals surface area contributed by atoms with Gasteiger partial charge in [-0.05, 0) is 30.8 Å². The minimum absolute atomic E-state index is 0.106. The second kappa shape index (κ2) is 8.05. The number of nitrogens with one attached hydrogen (secondary N) is 1. The van der Waals surface area contributed by atoms with Gasteiger partial charge in [-0.3, -0.25) is 4.79 Å². The van der Waals surface area contributed by atoms with E-state index in [0.29, 0.717) is 12.3 Å². The van der Waals surface area contributed by atoms with E-state index in [1.165, 1.54) is 19.2 Å². The fraction of sp³-hybridized carbons (Fsp3) is 0.368. The van der Waals surface area contributed by atoms with Crippen molar-refractivity contribution in [2.24, 2.45) is 0 Å². The number of hydrogen-bond donors (Lipinski definition) is 2. The number of methoxy groups -OCH3 is 1. The van der Waals surface area contributed by atoms with Gasteiger partial charge in [-0.1, -0.05) is 6.07 Å². The van der Waals surface area contributed by atoms with Gasteiger partial charge < -0.3 is 25.0 Å². The minimum Gasteiger partial charge on any atom is -0.507 e. The van der Waals surface area contributed by atoms with Crippen molar-refractivity contribution in [3.8, 4) is 11.5 Å². The van der Waals surface area contributed by atoms with Crippen molar-refractivity contribution in [1.29, 1.82) is 0 Å². The number of carbonyl (C=O) groups excluding carboxylic acids is 1. The quantitative estimate of drug-likeness (QED) is 0.845. The van der Waals surface area contributed by atoms with Crippen molar-refractivity contribution in [3.63, 3.8) is 0 Å². The van der Waals surface area contributed by atoms with Gasteiger partial charge in [0.2, 0.25) is 0 Å². The van der Waals surface area contributed by atoms with Crippen molar-refractivity contribution in [2.75, 3.05) is 45.2 Å². The number of amides is 1. The molecule has 1 saturated heterocycles. The van der Waals surface area contributed by atoms with Crippen molar-refractivity contribution in [2.45, 2.75) is 6.54 Å². The average Bonchev–Trinajstić information content (AvgIpc) is 2.67. The number of rotatable bonds is 5. The molecule has 138 valence electrons. The van der Waals surface area contributed by atoms with E-state index in [-0.39, 0.29) is 17.2 Å². The van der Waals surface area contributed by atoms with Gasteiger partial charge in [0.15, 0.2) is 0 Å². The molecule has 0 aliphatic carbocycles. The maximum absolute atomic E-state index is 12.2. The summed E-state index contributed by atoms with van der Waals surface area (Å²) < 4.78 is 5.02. The Hall–Kier alpha value is -2.80. The topological polar surface area (TPSA) is 77.9 Å². The van der Waals surface area contributed by atoms with Crippen molar-refractivity contribution < 1.29 is 14.6 Å². The maximum Gasteiger partial charge on any atom is 0.255 e. The zero-order valence-corrected chi connectivity index (χ0v) is 15.1. The number of likely N-dealkylation sites (N-methyl/N-ethyl adjacent to an activating group) is 1. The number of anilines is 1. The molecule has 0 bridgehead atoms. The van der Waals surface area contributed by atoms with E-state index >= 15 is 0 Å². The van der Waals surface area contributed by atoms with Crippen LogP contribution in [0.25, 0.3) is 0 Å². The van der Waals surface area contributed by atoms with Crippen LogP contribution in [0.5, 0.6) is 11.5 Å². The minimum atomic E-state index is -0.340. The van der Waals surface area contributed by atoms with Gasteiger partial charge >= 0.3 is 0 Å². The van der Waals surface area contributed by atoms with Gasteiger partial charge in [0.1, 0.15) is 17.3 Å². The number of carbonyl (C=O) groups is 1. The Labute approximate surface area is 153 Å². The first kappa shape index (κ1) is 18.0. The first-order valence-corrected chi connectivity index (χ1v) is 8.60. The first-order chi connectivity index (χ1) is 12.6. The number of phenolic OH excluding ortho intramolecular Hbond substituents is 1. The van der Waals surface area contributed by atoms with Crippen LogP contribution in [0, 0.1) is 0 Å². The van der Waals surface area contributed by atoms with Gasteiger partial charge in [0, 0.05) is 45.0 Å². The molecule has 0 spiro atoms. The highest BCUT2D eigenvalue weighted by Crippen LogP contribution is 2.23. The summed E-state index contributed by atoms with van der Waals surface area (Å²) in [5.74, 6) is 1.02. The summed E-state index contributed by atoms with van der Waals surface area (Å²) >= 11 is 0. The summed E-state index contributed by atoms with van der Waals surface area (Å²) in [6.45, 7) is 4.35. The number of hydrogen-bond acceptors (Lipinski definition) is 6. The molecule has 2 heterocycles. The van der Waals surface area contributed by atoms with E-state index in [1.807, 2.05) is 12.1 Å². The molecule has 1 fully saturated rings. The molecule has 2 aromatic rings. The van der Waals surface area contributed by atoms with Crippen LogP contribution in [0.15, 0.2) is 36.5 Å². The zero-order chi connectivity index (χ0) is 18.5. The smallest absolute Gasteiger partial charge is 0.255 e. The molecule has 0 unspecified atom stereocenters. The summed E-state index contributed by atoms with van der Waals surface area (Å²) in [7, 11) is 3.63. The maximum atomic E-state index is 12.2. The Kier molecular flexibility index (Phi) is 5.58. The molecule has 1 aromatic carbocycles. The Bertz CT molecular complexity index is 756. The van der Waals surface area contributed by atoms with Crippen molar-refractivity contribution >= 4 is 11.7 Å². The molecular formula is C19H24N4O3. The van der Waals surface area contributed by atoms with Crippen LogP contribution in [0.3, 0.4) is 0 Å².